The molecule has 0 radical (unpaired) electrons. The van der Waals surface area contributed by atoms with E-state index in [1.54, 1.807) is 0 Å². The molecule has 3 aromatic rings. The molecule has 1 saturated carbocycles. The Morgan fingerprint density at radius 3 is 2.67 bits per heavy atom. The Kier molecular flexibility index (Phi) is 6.04. The van der Waals surface area contributed by atoms with Crippen molar-refractivity contribution in [2.75, 3.05) is 20.6 Å². The fourth-order valence-corrected chi connectivity index (χ4v) is 4.09. The highest BCUT2D eigenvalue weighted by molar-refractivity contribution is 5.77. The topological polar surface area (TPSA) is 78.3 Å². The first-order valence-corrected chi connectivity index (χ1v) is 10.6. The molecular formula is C24H29N3O3. The summed E-state index contributed by atoms with van der Waals surface area (Å²) in [6.07, 6.45) is 3.72. The van der Waals surface area contributed by atoms with E-state index < -0.39 is 5.76 Å². The fourth-order valence-electron chi connectivity index (χ4n) is 4.09. The number of benzene rings is 2. The Morgan fingerprint density at radius 1 is 1.20 bits per heavy atom. The third-order valence-corrected chi connectivity index (χ3v) is 6.05. The minimum atomic E-state index is -0.442. The molecule has 1 heterocycles. The number of nitrogens with zero attached hydrogens (tertiary/aromatic N) is 1. The molecule has 1 aliphatic carbocycles. The van der Waals surface area contributed by atoms with Gasteiger partial charge in [0.15, 0.2) is 5.58 Å². The lowest BCUT2D eigenvalue weighted by molar-refractivity contribution is -0.121. The van der Waals surface area contributed by atoms with Crippen LogP contribution in [0, 0.1) is 5.92 Å². The number of hydrogen-bond donors (Lipinski definition) is 2. The van der Waals surface area contributed by atoms with Gasteiger partial charge in [-0.05, 0) is 68.5 Å². The summed E-state index contributed by atoms with van der Waals surface area (Å²) in [4.78, 5) is 28.9. The molecule has 1 aliphatic rings. The number of fused-ring (bicyclic) bond motifs is 1. The van der Waals surface area contributed by atoms with Crippen molar-refractivity contribution in [3.8, 4) is 0 Å². The first-order valence-electron chi connectivity index (χ1n) is 10.6. The molecule has 4 rings (SSSR count). The van der Waals surface area contributed by atoms with Gasteiger partial charge in [0, 0.05) is 19.0 Å². The Balaban J connectivity index is 1.36. The maximum Gasteiger partial charge on any atom is 0.417 e. The smallest absolute Gasteiger partial charge is 0.408 e. The van der Waals surface area contributed by atoms with Crippen molar-refractivity contribution in [3.63, 3.8) is 0 Å². The lowest BCUT2D eigenvalue weighted by Gasteiger charge is -2.25. The number of rotatable bonds is 9. The lowest BCUT2D eigenvalue weighted by Crippen LogP contribution is -2.42. The van der Waals surface area contributed by atoms with Crippen LogP contribution in [0.2, 0.25) is 0 Å². The third-order valence-electron chi connectivity index (χ3n) is 6.05. The molecule has 1 fully saturated rings. The summed E-state index contributed by atoms with van der Waals surface area (Å²) in [5.74, 6) is 0.602. The van der Waals surface area contributed by atoms with Gasteiger partial charge >= 0.3 is 5.76 Å². The van der Waals surface area contributed by atoms with Gasteiger partial charge in [-0.2, -0.15) is 0 Å². The predicted molar refractivity (Wildman–Crippen MR) is 118 cm³/mol. The molecule has 6 heteroatoms. The summed E-state index contributed by atoms with van der Waals surface area (Å²) in [5.41, 5.74) is 3.60. The molecule has 0 aliphatic heterocycles. The van der Waals surface area contributed by atoms with E-state index in [0.29, 0.717) is 35.9 Å². The van der Waals surface area contributed by atoms with Gasteiger partial charge in [-0.25, -0.2) is 4.79 Å². The van der Waals surface area contributed by atoms with Crippen molar-refractivity contribution >= 4 is 17.0 Å². The highest BCUT2D eigenvalue weighted by Gasteiger charge is 2.33. The number of nitrogens with one attached hydrogen (secondary N) is 2. The molecule has 0 saturated heterocycles. The SMILES string of the molecule is CN(C)C(CNC(=O)CC(c1ccccc1)C1CC1)Cc1ccc2[nH]c(=O)oc2c1. The first-order chi connectivity index (χ1) is 14.5. The fraction of sp³-hybridized carbons (Fsp3) is 0.417. The second-order valence-electron chi connectivity index (χ2n) is 8.53. The van der Waals surface area contributed by atoms with Gasteiger partial charge in [-0.3, -0.25) is 9.78 Å². The molecule has 2 unspecified atom stereocenters. The highest BCUT2D eigenvalue weighted by atomic mass is 16.4. The Labute approximate surface area is 176 Å². The van der Waals surface area contributed by atoms with E-state index in [4.69, 9.17) is 4.42 Å². The number of oxazole rings is 1. The number of aromatic nitrogens is 1. The Bertz CT molecular complexity index is 1050. The molecule has 2 N–H and O–H groups in total. The van der Waals surface area contributed by atoms with E-state index in [0.717, 1.165) is 12.0 Å². The molecule has 1 aromatic heterocycles. The van der Waals surface area contributed by atoms with Crippen molar-refractivity contribution in [1.29, 1.82) is 0 Å². The van der Waals surface area contributed by atoms with Crippen LogP contribution in [0.15, 0.2) is 57.7 Å². The van der Waals surface area contributed by atoms with Crippen LogP contribution in [0.4, 0.5) is 0 Å². The van der Waals surface area contributed by atoms with E-state index in [1.807, 2.05) is 50.5 Å². The standard InChI is InChI=1S/C24H29N3O3/c1-27(2)19(12-16-8-11-21-22(13-16)30-24(29)26-21)15-25-23(28)14-20(18-9-10-18)17-6-4-3-5-7-17/h3-8,11,13,18-20H,9-10,12,14-15H2,1-2H3,(H,25,28)(H,26,29). The van der Waals surface area contributed by atoms with Crippen molar-refractivity contribution in [3.05, 3.63) is 70.2 Å². The zero-order valence-corrected chi connectivity index (χ0v) is 17.6. The molecule has 0 spiro atoms. The molecule has 158 valence electrons. The number of H-pyrrole nitrogens is 1. The average molecular weight is 408 g/mol. The van der Waals surface area contributed by atoms with Crippen LogP contribution in [0.5, 0.6) is 0 Å². The van der Waals surface area contributed by atoms with Gasteiger partial charge in [0.05, 0.1) is 5.52 Å². The molecular weight excluding hydrogens is 378 g/mol. The molecule has 6 nitrogen and oxygen atoms in total. The van der Waals surface area contributed by atoms with Crippen LogP contribution in [-0.4, -0.2) is 42.5 Å². The number of amides is 1. The van der Waals surface area contributed by atoms with Crippen LogP contribution in [-0.2, 0) is 11.2 Å². The second-order valence-corrected chi connectivity index (χ2v) is 8.53. The maximum absolute atomic E-state index is 12.7. The summed E-state index contributed by atoms with van der Waals surface area (Å²) < 4.78 is 5.17. The van der Waals surface area contributed by atoms with E-state index in [-0.39, 0.29) is 11.9 Å². The maximum atomic E-state index is 12.7. The predicted octanol–water partition coefficient (Wildman–Crippen LogP) is 3.29. The van der Waals surface area contributed by atoms with Crippen molar-refractivity contribution in [2.24, 2.45) is 5.92 Å². The van der Waals surface area contributed by atoms with Gasteiger partial charge in [0.25, 0.3) is 0 Å². The van der Waals surface area contributed by atoms with Crippen molar-refractivity contribution in [2.45, 2.75) is 37.6 Å². The minimum absolute atomic E-state index is 0.106. The zero-order valence-electron chi connectivity index (χ0n) is 17.6. The summed E-state index contributed by atoms with van der Waals surface area (Å²) in [7, 11) is 4.03. The van der Waals surface area contributed by atoms with Gasteiger partial charge in [-0.15, -0.1) is 0 Å². The molecule has 0 bridgehead atoms. The van der Waals surface area contributed by atoms with Crippen LogP contribution in [0.25, 0.3) is 11.1 Å². The molecule has 30 heavy (non-hydrogen) atoms. The monoisotopic (exact) mass is 407 g/mol. The van der Waals surface area contributed by atoms with Crippen LogP contribution in [0.1, 0.15) is 36.3 Å². The normalized spacial score (nSPS) is 16.0. The van der Waals surface area contributed by atoms with E-state index in [1.165, 1.54) is 18.4 Å². The summed E-state index contributed by atoms with van der Waals surface area (Å²) >= 11 is 0. The Morgan fingerprint density at radius 2 is 1.97 bits per heavy atom. The molecule has 1 amide bonds. The van der Waals surface area contributed by atoms with Gasteiger partial charge in [0.2, 0.25) is 5.91 Å². The second kappa shape index (κ2) is 8.88. The van der Waals surface area contributed by atoms with Crippen LogP contribution < -0.4 is 11.1 Å². The summed E-state index contributed by atoms with van der Waals surface area (Å²) in [6.45, 7) is 0.577. The minimum Gasteiger partial charge on any atom is -0.408 e. The summed E-state index contributed by atoms with van der Waals surface area (Å²) in [5, 5.41) is 3.15. The third kappa shape index (κ3) is 5.00. The Hall–Kier alpha value is -2.86. The highest BCUT2D eigenvalue weighted by Crippen LogP contribution is 2.44. The molecule has 2 aromatic carbocycles. The average Bonchev–Trinajstić information content (AvgIpc) is 3.50. The summed E-state index contributed by atoms with van der Waals surface area (Å²) in [6, 6.07) is 16.3. The van der Waals surface area contributed by atoms with Crippen molar-refractivity contribution < 1.29 is 9.21 Å². The van der Waals surface area contributed by atoms with Gasteiger partial charge in [0.1, 0.15) is 0 Å². The van der Waals surface area contributed by atoms with Crippen LogP contribution >= 0.6 is 0 Å². The largest absolute Gasteiger partial charge is 0.417 e. The number of aromatic amines is 1. The van der Waals surface area contributed by atoms with Gasteiger partial charge < -0.3 is 14.6 Å². The van der Waals surface area contributed by atoms with Crippen LogP contribution in [0.3, 0.4) is 0 Å². The van der Waals surface area contributed by atoms with E-state index >= 15 is 0 Å². The zero-order chi connectivity index (χ0) is 21.1. The van der Waals surface area contributed by atoms with Crippen molar-refractivity contribution in [1.82, 2.24) is 15.2 Å². The number of carbonyl (C=O) groups excluding carboxylic acids is 1. The quantitative estimate of drug-likeness (QED) is 0.571. The van der Waals surface area contributed by atoms with Gasteiger partial charge in [-0.1, -0.05) is 36.4 Å². The van der Waals surface area contributed by atoms with E-state index in [2.05, 4.69) is 27.3 Å². The molecule has 2 atom stereocenters. The number of hydrogen-bond acceptors (Lipinski definition) is 4. The van der Waals surface area contributed by atoms with E-state index in [9.17, 15) is 9.59 Å². The number of likely N-dealkylation sites (N-methyl/N-ethyl adjacent to an activating group) is 1. The first kappa shape index (κ1) is 20.4. The lowest BCUT2D eigenvalue weighted by atomic mass is 9.90. The number of carbonyl (C=O) groups is 1.